The minimum atomic E-state index is -1.77. The number of imide groups is 2. The fourth-order valence-corrected chi connectivity index (χ4v) is 0.481. The number of urea groups is 1. The first-order valence-electron chi connectivity index (χ1n) is 2.43. The van der Waals surface area contributed by atoms with Gasteiger partial charge in [-0.15, -0.1) is 0 Å². The third kappa shape index (κ3) is 0.955. The van der Waals surface area contributed by atoms with Crippen LogP contribution in [-0.2, 0) is 14.4 Å². The molecule has 0 unspecified atom stereocenters. The van der Waals surface area contributed by atoms with Crippen LogP contribution in [0.2, 0.25) is 0 Å². The largest absolute Gasteiger partial charge is 0.360 e. The highest BCUT2D eigenvalue weighted by Crippen LogP contribution is 1.98. The molecular weight excluding hydrogens is 159 g/mol. The van der Waals surface area contributed by atoms with E-state index in [1.54, 1.807) is 0 Å². The SMILES string of the molecule is O=C1NC(=O)N(F)C(=O)C1=O. The Hall–Kier alpha value is -1.79. The van der Waals surface area contributed by atoms with Crippen molar-refractivity contribution in [2.24, 2.45) is 0 Å². The Morgan fingerprint density at radius 2 is 1.73 bits per heavy atom. The summed E-state index contributed by atoms with van der Waals surface area (Å²) in [5.74, 6) is -4.76. The lowest BCUT2D eigenvalue weighted by Crippen LogP contribution is -2.55. The maximum atomic E-state index is 12.1. The lowest BCUT2D eigenvalue weighted by Gasteiger charge is -2.13. The molecule has 0 atom stereocenters. The van der Waals surface area contributed by atoms with Crippen LogP contribution in [0, 0.1) is 0 Å². The molecule has 0 aliphatic carbocycles. The Bertz CT molecular complexity index is 273. The third-order valence-electron chi connectivity index (χ3n) is 0.978. The van der Waals surface area contributed by atoms with E-state index in [9.17, 15) is 23.7 Å². The van der Waals surface area contributed by atoms with Gasteiger partial charge in [0.15, 0.2) is 0 Å². The van der Waals surface area contributed by atoms with Crippen molar-refractivity contribution in [2.75, 3.05) is 0 Å². The molecule has 0 aromatic carbocycles. The van der Waals surface area contributed by atoms with Crippen molar-refractivity contribution in [2.45, 2.75) is 0 Å². The number of carbonyl (C=O) groups excluding carboxylic acids is 4. The molecule has 1 fully saturated rings. The number of hydrogen-bond acceptors (Lipinski definition) is 4. The summed E-state index contributed by atoms with van der Waals surface area (Å²) in [5, 5.41) is 0.357. The standard InChI is InChI=1S/C4HFN2O4/c5-7-3(10)1(8)2(9)6-4(7)11/h(H,6,9,11). The van der Waals surface area contributed by atoms with E-state index in [-0.39, 0.29) is 0 Å². The Balaban J connectivity index is 2.96. The molecule has 0 aromatic rings. The molecule has 7 heteroatoms. The quantitative estimate of drug-likeness (QED) is 0.346. The second-order valence-corrected chi connectivity index (χ2v) is 1.67. The summed E-state index contributed by atoms with van der Waals surface area (Å²) in [7, 11) is 0. The van der Waals surface area contributed by atoms with Gasteiger partial charge >= 0.3 is 23.6 Å². The molecule has 0 aromatic heterocycles. The van der Waals surface area contributed by atoms with Crippen molar-refractivity contribution in [3.05, 3.63) is 0 Å². The van der Waals surface area contributed by atoms with Gasteiger partial charge in [0.1, 0.15) is 0 Å². The second-order valence-electron chi connectivity index (χ2n) is 1.67. The summed E-state index contributed by atoms with van der Waals surface area (Å²) in [6.45, 7) is 0. The van der Waals surface area contributed by atoms with Crippen LogP contribution in [0.5, 0.6) is 0 Å². The van der Waals surface area contributed by atoms with Crippen molar-refractivity contribution in [3.8, 4) is 0 Å². The van der Waals surface area contributed by atoms with Gasteiger partial charge in [-0.2, -0.15) is 0 Å². The zero-order chi connectivity index (χ0) is 8.59. The van der Waals surface area contributed by atoms with E-state index in [1.807, 2.05) is 0 Å². The molecule has 1 saturated heterocycles. The second kappa shape index (κ2) is 2.11. The van der Waals surface area contributed by atoms with Gasteiger partial charge in [0, 0.05) is 0 Å². The molecule has 11 heavy (non-hydrogen) atoms. The van der Waals surface area contributed by atoms with E-state index in [0.717, 1.165) is 0 Å². The number of nitrogens with zero attached hydrogens (tertiary/aromatic N) is 1. The number of nitrogens with one attached hydrogen (secondary N) is 1. The minimum Gasteiger partial charge on any atom is -0.277 e. The Labute approximate surface area is 58.9 Å². The van der Waals surface area contributed by atoms with Crippen molar-refractivity contribution in [3.63, 3.8) is 0 Å². The van der Waals surface area contributed by atoms with Gasteiger partial charge in [-0.05, 0) is 0 Å². The number of rotatable bonds is 0. The highest BCUT2D eigenvalue weighted by molar-refractivity contribution is 6.66. The highest BCUT2D eigenvalue weighted by Gasteiger charge is 2.39. The molecule has 0 spiro atoms. The van der Waals surface area contributed by atoms with Crippen molar-refractivity contribution >= 4 is 23.6 Å². The van der Waals surface area contributed by atoms with Gasteiger partial charge in [-0.3, -0.25) is 19.7 Å². The van der Waals surface area contributed by atoms with Gasteiger partial charge < -0.3 is 0 Å². The number of halogens is 1. The highest BCUT2D eigenvalue weighted by atomic mass is 19.2. The van der Waals surface area contributed by atoms with E-state index in [0.29, 0.717) is 0 Å². The van der Waals surface area contributed by atoms with Gasteiger partial charge in [-0.25, -0.2) is 4.79 Å². The number of amides is 4. The first-order chi connectivity index (χ1) is 5.04. The monoisotopic (exact) mass is 160 g/mol. The van der Waals surface area contributed by atoms with Crippen LogP contribution in [0.1, 0.15) is 0 Å². The summed E-state index contributed by atoms with van der Waals surface area (Å²) in [6.07, 6.45) is 0. The van der Waals surface area contributed by atoms with Gasteiger partial charge in [0.05, 0.1) is 0 Å². The molecule has 1 N–H and O–H groups in total. The third-order valence-corrected chi connectivity index (χ3v) is 0.978. The predicted octanol–water partition coefficient (Wildman–Crippen LogP) is -1.48. The van der Waals surface area contributed by atoms with E-state index < -0.39 is 28.8 Å². The molecule has 4 amide bonds. The zero-order valence-corrected chi connectivity index (χ0v) is 4.96. The van der Waals surface area contributed by atoms with Crippen LogP contribution >= 0.6 is 0 Å². The molecule has 1 rings (SSSR count). The van der Waals surface area contributed by atoms with Gasteiger partial charge in [0.25, 0.3) is 0 Å². The molecule has 0 bridgehead atoms. The summed E-state index contributed by atoms with van der Waals surface area (Å²) in [4.78, 5) is 41.0. The van der Waals surface area contributed by atoms with Crippen LogP contribution in [0.3, 0.4) is 0 Å². The average molecular weight is 160 g/mol. The molecule has 1 aliphatic heterocycles. The molecule has 58 valence electrons. The van der Waals surface area contributed by atoms with E-state index in [2.05, 4.69) is 0 Å². The maximum absolute atomic E-state index is 12.1. The number of ketones is 1. The topological polar surface area (TPSA) is 83.6 Å². The molecule has 1 aliphatic rings. The molecular formula is C4HFN2O4. The average Bonchev–Trinajstić information content (AvgIpc) is 1.97. The van der Waals surface area contributed by atoms with Crippen LogP contribution in [0.15, 0.2) is 0 Å². The molecule has 6 nitrogen and oxygen atoms in total. The number of Topliss-reactive ketones (excluding diaryl/α,β-unsaturated/α-hetero) is 1. The zero-order valence-electron chi connectivity index (χ0n) is 4.96. The summed E-state index contributed by atoms with van der Waals surface area (Å²) in [6, 6.07) is -1.54. The lowest BCUT2D eigenvalue weighted by molar-refractivity contribution is -0.157. The molecule has 1 heterocycles. The number of barbiturate groups is 1. The van der Waals surface area contributed by atoms with Crippen LogP contribution in [-0.4, -0.2) is 28.8 Å². The fraction of sp³-hybridized carbons (Fsp3) is 0. The fourth-order valence-electron chi connectivity index (χ4n) is 0.481. The minimum absolute atomic E-state index is 0.955. The van der Waals surface area contributed by atoms with E-state index in [1.165, 1.54) is 5.32 Å². The summed E-state index contributed by atoms with van der Waals surface area (Å²) in [5.41, 5.74) is 0. The first-order valence-corrected chi connectivity index (χ1v) is 2.43. The van der Waals surface area contributed by atoms with Crippen molar-refractivity contribution < 1.29 is 23.7 Å². The first kappa shape index (κ1) is 7.32. The normalized spacial score (nSPS) is 18.8. The lowest BCUT2D eigenvalue weighted by atomic mass is 10.3. The van der Waals surface area contributed by atoms with Crippen LogP contribution < -0.4 is 5.32 Å². The smallest absolute Gasteiger partial charge is 0.277 e. The Morgan fingerprint density at radius 1 is 1.18 bits per heavy atom. The number of hydrogen-bond donors (Lipinski definition) is 1. The number of carbonyl (C=O) groups is 4. The maximum Gasteiger partial charge on any atom is 0.360 e. The van der Waals surface area contributed by atoms with Crippen LogP contribution in [0.4, 0.5) is 9.28 Å². The summed E-state index contributed by atoms with van der Waals surface area (Å²) >= 11 is 0. The predicted molar refractivity (Wildman–Crippen MR) is 26.5 cm³/mol. The molecule has 0 saturated carbocycles. The van der Waals surface area contributed by atoms with Crippen molar-refractivity contribution in [1.29, 1.82) is 0 Å². The van der Waals surface area contributed by atoms with Gasteiger partial charge in [0.2, 0.25) is 0 Å². The van der Waals surface area contributed by atoms with E-state index in [4.69, 9.17) is 0 Å². The van der Waals surface area contributed by atoms with Crippen LogP contribution in [0.25, 0.3) is 0 Å². The van der Waals surface area contributed by atoms with E-state index >= 15 is 0 Å². The van der Waals surface area contributed by atoms with Crippen molar-refractivity contribution in [1.82, 2.24) is 10.4 Å². The molecule has 0 radical (unpaired) electrons. The van der Waals surface area contributed by atoms with Gasteiger partial charge in [-0.1, -0.05) is 9.60 Å². The Kier molecular flexibility index (Phi) is 1.41. The summed E-state index contributed by atoms with van der Waals surface area (Å²) < 4.78 is 12.1. The Morgan fingerprint density at radius 3 is 2.27 bits per heavy atom.